The summed E-state index contributed by atoms with van der Waals surface area (Å²) in [6.45, 7) is 25.9. The Kier molecular flexibility index (Phi) is 35.4. The summed E-state index contributed by atoms with van der Waals surface area (Å²) < 4.78 is 11.5. The van der Waals surface area contributed by atoms with Crippen molar-refractivity contribution in [2.75, 3.05) is 54.5 Å². The van der Waals surface area contributed by atoms with Crippen LogP contribution in [0.1, 0.15) is 141 Å². The molecule has 0 radical (unpaired) electrons. The molecule has 0 aromatic heterocycles. The first kappa shape index (κ1) is 79.1. The Hall–Kier alpha value is -4.94. The Balaban J connectivity index is 3.31. The first-order valence-corrected chi connectivity index (χ1v) is 31.8. The van der Waals surface area contributed by atoms with Crippen molar-refractivity contribution in [3.05, 3.63) is 23.9 Å². The van der Waals surface area contributed by atoms with Gasteiger partial charge in [-0.15, -0.1) is 11.8 Å². The molecule has 8 amide bonds. The molecule has 25 nitrogen and oxygen atoms in total. The number of rotatable bonds is 41. The maximum atomic E-state index is 14.6. The number of alkyl halides is 1. The van der Waals surface area contributed by atoms with E-state index >= 15 is 0 Å². The maximum absolute atomic E-state index is 14.6. The number of ether oxygens (including phenoxy) is 2. The van der Waals surface area contributed by atoms with E-state index in [1.54, 1.807) is 18.0 Å². The second-order valence-corrected chi connectivity index (χ2v) is 27.5. The van der Waals surface area contributed by atoms with Crippen LogP contribution in [0, 0.1) is 23.7 Å². The zero-order valence-electron chi connectivity index (χ0n) is 53.6. The summed E-state index contributed by atoms with van der Waals surface area (Å²) in [5.74, 6) is -9.27. The van der Waals surface area contributed by atoms with E-state index < -0.39 is 135 Å². The van der Waals surface area contributed by atoms with Crippen molar-refractivity contribution >= 4 is 93.5 Å². The van der Waals surface area contributed by atoms with Crippen molar-refractivity contribution in [3.63, 3.8) is 0 Å². The highest BCUT2D eigenvalue weighted by atomic mass is 127. The van der Waals surface area contributed by atoms with Crippen LogP contribution < -0.4 is 37.6 Å². The summed E-state index contributed by atoms with van der Waals surface area (Å²) in [6, 6.07) is -7.38. The van der Waals surface area contributed by atoms with Gasteiger partial charge in [0.2, 0.25) is 47.3 Å². The van der Waals surface area contributed by atoms with Crippen LogP contribution in [0.4, 0.5) is 0 Å². The monoisotopic (exact) mass is 1350 g/mol. The lowest BCUT2D eigenvalue weighted by atomic mass is 9.89. The number of aliphatic hydroxyl groups is 1. The zero-order chi connectivity index (χ0) is 66.1. The number of carbonyl (C=O) groups is 10. The minimum Gasteiger partial charge on any atom is -0.481 e. The van der Waals surface area contributed by atoms with Gasteiger partial charge in [0, 0.05) is 65.6 Å². The van der Waals surface area contributed by atoms with Gasteiger partial charge < -0.3 is 72.2 Å². The molecular weight excluding hydrogens is 1250 g/mol. The molecule has 11 N–H and O–H groups in total. The molecule has 0 bridgehead atoms. The lowest BCUT2D eigenvalue weighted by molar-refractivity contribution is -0.146. The molecule has 1 aliphatic rings. The number of carboxylic acids is 2. The summed E-state index contributed by atoms with van der Waals surface area (Å²) in [6.07, 6.45) is -0.298. The van der Waals surface area contributed by atoms with Crippen LogP contribution in [0.3, 0.4) is 0 Å². The van der Waals surface area contributed by atoms with Crippen LogP contribution in [0.2, 0.25) is 0 Å². The van der Waals surface area contributed by atoms with E-state index in [2.05, 4.69) is 61.1 Å². The third kappa shape index (κ3) is 24.6. The molecule has 1 heterocycles. The highest BCUT2D eigenvalue weighted by molar-refractivity contribution is 14.1. The average Bonchev–Trinajstić information content (AvgIpc) is 2.77. The van der Waals surface area contributed by atoms with Gasteiger partial charge in [-0.1, -0.05) is 116 Å². The molecule has 3 unspecified atom stereocenters. The minimum absolute atomic E-state index is 0.0769. The summed E-state index contributed by atoms with van der Waals surface area (Å²) in [5.41, 5.74) is 7.17. The Morgan fingerprint density at radius 1 is 0.767 bits per heavy atom. The summed E-state index contributed by atoms with van der Waals surface area (Å²) in [4.78, 5) is 140. The maximum Gasteiger partial charge on any atom is 0.305 e. The van der Waals surface area contributed by atoms with E-state index in [9.17, 15) is 63.3 Å². The van der Waals surface area contributed by atoms with Gasteiger partial charge in [-0.25, -0.2) is 0 Å². The van der Waals surface area contributed by atoms with Crippen molar-refractivity contribution in [1.82, 2.24) is 46.6 Å². The number of methoxy groups -OCH3 is 2. The number of amides is 8. The normalized spacial score (nSPS) is 17.2. The number of carbonyl (C=O) groups excluding carboxylic acids is 8. The molecule has 13 atom stereocenters. The molecule has 1 rings (SSSR count). The highest BCUT2D eigenvalue weighted by Gasteiger charge is 2.43. The minimum atomic E-state index is -1.68. The van der Waals surface area contributed by atoms with Crippen LogP contribution in [-0.2, 0) is 57.4 Å². The van der Waals surface area contributed by atoms with E-state index in [0.29, 0.717) is 37.9 Å². The number of aliphatic hydroxyl groups excluding tert-OH is 1. The van der Waals surface area contributed by atoms with E-state index in [-0.39, 0.29) is 61.5 Å². The fraction of sp³-hybridized carbons (Fsp3) is 0.763. The van der Waals surface area contributed by atoms with E-state index in [0.717, 1.165) is 12.0 Å². The SMILES string of the molecule is C=C(CC)CN(C)[C@H](C(=O)N[C@H](C(=O)N(C)[C@@H]([C@@H](C)CC)[C@@H](CC(=O)N1CCC=C1C(OC)[C@@H](C)C(=O)N[C@H](C(=O)N[C@@H](CCC(=O)O)C(=O)N[C@H](C)CNC(=O)[C@H](CN)NC(=O)C(CC(=O)O)SC(I)(CC)CC)C(C)O)OC)C(C)C)C(C)C. The number of carboxylic acid groups (broad SMARTS) is 2. The smallest absolute Gasteiger partial charge is 0.305 e. The standard InChI is InChI=1S/C59H103IN10O15S/c1-18-34(9)31-68(14)49(33(7)8)57(82)66-47(32(5)6)58(83)69(15)50(35(10)19-2)42(84-16)27-44(72)70-26-22-23-41(70)51(85-17)37(12)52(77)67-48(38(13)71)56(81)64-39(24-25-45(73)74)54(79)63-36(11)30-62-53(78)40(29-61)65-55(80)43(28-46(75)76)86-59(60,20-3)21-4/h23,32-33,35-40,42-43,47-51,71H,9,18-22,24-31,61H2,1-8,10-17H3,(H,62,78)(H,63,79)(H,64,81)(H,65,80)(H,66,82)(H,67,77)(H,73,74)(H,75,76)/t35-,36+,37+,38?,39-,40-,42+,43?,47-,48-,49-,50-,51?/m0/s1. The van der Waals surface area contributed by atoms with Crippen LogP contribution in [0.25, 0.3) is 0 Å². The van der Waals surface area contributed by atoms with Crippen molar-refractivity contribution < 1.29 is 72.7 Å². The van der Waals surface area contributed by atoms with E-state index in [1.165, 1.54) is 51.7 Å². The second kappa shape index (κ2) is 38.5. The predicted octanol–water partition coefficient (Wildman–Crippen LogP) is 2.90. The molecule has 0 saturated carbocycles. The van der Waals surface area contributed by atoms with Gasteiger partial charge in [0.25, 0.3) is 0 Å². The lowest BCUT2D eigenvalue weighted by Gasteiger charge is -2.41. The topological polar surface area (TPSA) is 358 Å². The van der Waals surface area contributed by atoms with Crippen molar-refractivity contribution in [1.29, 1.82) is 0 Å². The van der Waals surface area contributed by atoms with Gasteiger partial charge >= 0.3 is 11.9 Å². The molecule has 0 saturated heterocycles. The molecule has 492 valence electrons. The molecular formula is C59H103IN10O15S. The molecule has 86 heavy (non-hydrogen) atoms. The molecule has 1 aliphatic heterocycles. The lowest BCUT2D eigenvalue weighted by Crippen LogP contribution is -2.60. The van der Waals surface area contributed by atoms with Crippen molar-refractivity contribution in [3.8, 4) is 0 Å². The molecule has 0 spiro atoms. The molecule has 0 fully saturated rings. The van der Waals surface area contributed by atoms with Crippen LogP contribution in [-0.4, -0.2) is 212 Å². The Morgan fingerprint density at radius 3 is 1.85 bits per heavy atom. The van der Waals surface area contributed by atoms with Crippen LogP contribution in [0.15, 0.2) is 23.9 Å². The summed E-state index contributed by atoms with van der Waals surface area (Å²) in [7, 11) is 6.33. The van der Waals surface area contributed by atoms with Gasteiger partial charge in [0.05, 0.1) is 51.1 Å². The average molecular weight is 1350 g/mol. The van der Waals surface area contributed by atoms with Gasteiger partial charge in [-0.05, 0) is 70.8 Å². The predicted molar refractivity (Wildman–Crippen MR) is 338 cm³/mol. The highest BCUT2D eigenvalue weighted by Crippen LogP contribution is 2.43. The fourth-order valence-electron chi connectivity index (χ4n) is 10.2. The van der Waals surface area contributed by atoms with Gasteiger partial charge in [-0.3, -0.25) is 52.8 Å². The summed E-state index contributed by atoms with van der Waals surface area (Å²) in [5, 5.41) is 44.6. The van der Waals surface area contributed by atoms with Crippen LogP contribution >= 0.6 is 34.4 Å². The number of hydrogen-bond acceptors (Lipinski definition) is 16. The van der Waals surface area contributed by atoms with E-state index in [4.69, 9.17) is 15.2 Å². The quantitative estimate of drug-likeness (QED) is 0.0239. The Bertz CT molecular complexity index is 2320. The number of hydrogen-bond donors (Lipinski definition) is 10. The van der Waals surface area contributed by atoms with Crippen LogP contribution in [0.5, 0.6) is 0 Å². The Labute approximate surface area is 527 Å². The first-order valence-electron chi connectivity index (χ1n) is 29.8. The Morgan fingerprint density at radius 2 is 1.36 bits per heavy atom. The molecule has 0 aromatic carbocycles. The number of aliphatic carboxylic acids is 2. The number of nitrogens with zero attached hydrogens (tertiary/aromatic N) is 3. The third-order valence-electron chi connectivity index (χ3n) is 15.6. The van der Waals surface area contributed by atoms with E-state index in [1.807, 2.05) is 74.3 Å². The molecule has 0 aliphatic carbocycles. The van der Waals surface area contributed by atoms with Crippen molar-refractivity contribution in [2.24, 2.45) is 29.4 Å². The third-order valence-corrected chi connectivity index (χ3v) is 19.6. The number of halogens is 1. The zero-order valence-corrected chi connectivity index (χ0v) is 56.6. The van der Waals surface area contributed by atoms with Gasteiger partial charge in [0.1, 0.15) is 30.3 Å². The number of likely N-dealkylation sites (N-methyl/N-ethyl adjacent to an activating group) is 2. The van der Waals surface area contributed by atoms with Gasteiger partial charge in [0.15, 0.2) is 0 Å². The van der Waals surface area contributed by atoms with Crippen molar-refractivity contribution in [2.45, 2.75) is 209 Å². The largest absolute Gasteiger partial charge is 0.481 e. The first-order chi connectivity index (χ1) is 40.1. The molecule has 0 aromatic rings. The fourth-order valence-corrected chi connectivity index (χ4v) is 12.3. The van der Waals surface area contributed by atoms with Gasteiger partial charge in [-0.2, -0.15) is 0 Å². The molecule has 27 heteroatoms. The number of nitrogens with one attached hydrogen (secondary N) is 6. The number of nitrogens with two attached hydrogens (primary N) is 1. The number of thioether (sulfide) groups is 1. The summed E-state index contributed by atoms with van der Waals surface area (Å²) >= 11 is 3.37. The second-order valence-electron chi connectivity index (χ2n) is 23.1.